The minimum absolute atomic E-state index is 0.0588. The van der Waals surface area contributed by atoms with Crippen LogP contribution in [-0.4, -0.2) is 29.2 Å². The molecule has 0 spiro atoms. The third kappa shape index (κ3) is 3.39. The van der Waals surface area contributed by atoms with Crippen LogP contribution < -0.4 is 10.6 Å². The molecular formula is C13H16F3N3S. The van der Waals surface area contributed by atoms with Crippen molar-refractivity contribution in [1.82, 2.24) is 4.98 Å². The van der Waals surface area contributed by atoms with Gasteiger partial charge in [0.05, 0.1) is 5.92 Å². The molecule has 110 valence electrons. The minimum atomic E-state index is -4.16. The van der Waals surface area contributed by atoms with Gasteiger partial charge in [0.2, 0.25) is 0 Å². The second-order valence-electron chi connectivity index (χ2n) is 5.05. The highest BCUT2D eigenvalue weighted by Crippen LogP contribution is 2.34. The van der Waals surface area contributed by atoms with Gasteiger partial charge in [-0.1, -0.05) is 12.2 Å². The zero-order valence-electron chi connectivity index (χ0n) is 11.1. The molecule has 1 aromatic heterocycles. The van der Waals surface area contributed by atoms with Gasteiger partial charge in [0.15, 0.2) is 0 Å². The molecule has 2 N–H and O–H groups in total. The molecule has 0 bridgehead atoms. The van der Waals surface area contributed by atoms with Crippen LogP contribution in [0, 0.1) is 12.8 Å². The summed E-state index contributed by atoms with van der Waals surface area (Å²) in [7, 11) is 0. The van der Waals surface area contributed by atoms with Gasteiger partial charge < -0.3 is 10.6 Å². The van der Waals surface area contributed by atoms with Crippen molar-refractivity contribution in [2.24, 2.45) is 11.7 Å². The van der Waals surface area contributed by atoms with E-state index >= 15 is 0 Å². The van der Waals surface area contributed by atoms with Crippen LogP contribution in [0.15, 0.2) is 12.1 Å². The molecule has 2 rings (SSSR count). The van der Waals surface area contributed by atoms with Crippen molar-refractivity contribution in [2.75, 3.05) is 18.0 Å². The number of nitrogens with zero attached hydrogens (tertiary/aromatic N) is 2. The summed E-state index contributed by atoms with van der Waals surface area (Å²) >= 11 is 4.92. The number of anilines is 1. The lowest BCUT2D eigenvalue weighted by molar-refractivity contribution is -0.176. The molecule has 1 fully saturated rings. The van der Waals surface area contributed by atoms with Crippen molar-refractivity contribution in [3.63, 3.8) is 0 Å². The quantitative estimate of drug-likeness (QED) is 0.853. The molecule has 1 aliphatic heterocycles. The molecule has 7 heteroatoms. The largest absolute Gasteiger partial charge is 0.393 e. The fourth-order valence-corrected chi connectivity index (χ4v) is 2.53. The fraction of sp³-hybridized carbons (Fsp3) is 0.538. The van der Waals surface area contributed by atoms with Gasteiger partial charge in [0.25, 0.3) is 0 Å². The van der Waals surface area contributed by atoms with E-state index < -0.39 is 12.1 Å². The Hall–Kier alpha value is -1.37. The van der Waals surface area contributed by atoms with Gasteiger partial charge in [0, 0.05) is 24.3 Å². The van der Waals surface area contributed by atoms with Crippen LogP contribution in [0.1, 0.15) is 24.1 Å². The zero-order valence-corrected chi connectivity index (χ0v) is 11.9. The standard InChI is InChI=1S/C13H16F3N3S/c1-8-5-9(12(17)20)6-11(18-8)19-4-2-3-10(7-19)13(14,15)16/h5-6,10H,2-4,7H2,1H3,(H2,17,20). The number of pyridine rings is 1. The Morgan fingerprint density at radius 3 is 2.75 bits per heavy atom. The van der Waals surface area contributed by atoms with Crippen LogP contribution in [-0.2, 0) is 0 Å². The average molecular weight is 303 g/mol. The highest BCUT2D eigenvalue weighted by molar-refractivity contribution is 7.80. The molecule has 20 heavy (non-hydrogen) atoms. The van der Waals surface area contributed by atoms with E-state index in [-0.39, 0.29) is 18.0 Å². The smallest absolute Gasteiger partial charge is 0.389 e. The lowest BCUT2D eigenvalue weighted by atomic mass is 9.97. The summed E-state index contributed by atoms with van der Waals surface area (Å²) in [6.45, 7) is 2.28. The van der Waals surface area contributed by atoms with Gasteiger partial charge in [-0.2, -0.15) is 13.2 Å². The summed E-state index contributed by atoms with van der Waals surface area (Å²) < 4.78 is 38.5. The third-order valence-corrected chi connectivity index (χ3v) is 3.67. The number of rotatable bonds is 2. The maximum Gasteiger partial charge on any atom is 0.393 e. The number of thiocarbonyl (C=S) groups is 1. The molecule has 0 amide bonds. The summed E-state index contributed by atoms with van der Waals surface area (Å²) in [4.78, 5) is 6.19. The molecular weight excluding hydrogens is 287 g/mol. The molecule has 1 aromatic rings. The van der Waals surface area contributed by atoms with Crippen LogP contribution in [0.5, 0.6) is 0 Å². The SMILES string of the molecule is Cc1cc(C(N)=S)cc(N2CCCC(C(F)(F)F)C2)n1. The summed E-state index contributed by atoms with van der Waals surface area (Å²) in [5.74, 6) is -0.784. The van der Waals surface area contributed by atoms with Crippen molar-refractivity contribution >= 4 is 23.0 Å². The van der Waals surface area contributed by atoms with E-state index in [1.165, 1.54) is 0 Å². The molecule has 0 aromatic carbocycles. The highest BCUT2D eigenvalue weighted by atomic mass is 32.1. The average Bonchev–Trinajstić information content (AvgIpc) is 2.37. The van der Waals surface area contributed by atoms with E-state index in [0.29, 0.717) is 30.0 Å². The summed E-state index contributed by atoms with van der Waals surface area (Å²) in [6.07, 6.45) is -3.48. The third-order valence-electron chi connectivity index (χ3n) is 3.43. The van der Waals surface area contributed by atoms with Crippen molar-refractivity contribution in [1.29, 1.82) is 0 Å². The number of hydrogen-bond acceptors (Lipinski definition) is 3. The summed E-state index contributed by atoms with van der Waals surface area (Å²) in [5.41, 5.74) is 6.91. The monoisotopic (exact) mass is 303 g/mol. The lowest BCUT2D eigenvalue weighted by Gasteiger charge is -2.34. The Morgan fingerprint density at radius 2 is 2.15 bits per heavy atom. The van der Waals surface area contributed by atoms with E-state index in [1.54, 1.807) is 24.0 Å². The summed E-state index contributed by atoms with van der Waals surface area (Å²) in [6, 6.07) is 3.39. The van der Waals surface area contributed by atoms with Gasteiger partial charge in [-0.3, -0.25) is 0 Å². The van der Waals surface area contributed by atoms with E-state index in [2.05, 4.69) is 4.98 Å². The van der Waals surface area contributed by atoms with E-state index in [0.717, 1.165) is 0 Å². The normalized spacial score (nSPS) is 20.0. The van der Waals surface area contributed by atoms with Crippen LogP contribution in [0.4, 0.5) is 19.0 Å². The fourth-order valence-electron chi connectivity index (χ4n) is 2.41. The number of aryl methyl sites for hydroxylation is 1. The number of aromatic nitrogens is 1. The predicted octanol–water partition coefficient (Wildman–Crippen LogP) is 2.80. The number of piperidine rings is 1. The van der Waals surface area contributed by atoms with E-state index in [1.807, 2.05) is 0 Å². The second-order valence-corrected chi connectivity index (χ2v) is 5.49. The second kappa shape index (κ2) is 5.55. The van der Waals surface area contributed by atoms with Crippen molar-refractivity contribution in [3.8, 4) is 0 Å². The van der Waals surface area contributed by atoms with E-state index in [9.17, 15) is 13.2 Å². The Labute approximate surface area is 121 Å². The maximum absolute atomic E-state index is 12.8. The van der Waals surface area contributed by atoms with Crippen LogP contribution in [0.2, 0.25) is 0 Å². The lowest BCUT2D eigenvalue weighted by Crippen LogP contribution is -2.42. The number of halogens is 3. The van der Waals surface area contributed by atoms with Gasteiger partial charge in [-0.15, -0.1) is 0 Å². The van der Waals surface area contributed by atoms with Crippen LogP contribution in [0.25, 0.3) is 0 Å². The summed E-state index contributed by atoms with van der Waals surface area (Å²) in [5, 5.41) is 0. The first-order valence-electron chi connectivity index (χ1n) is 6.37. The number of alkyl halides is 3. The van der Waals surface area contributed by atoms with Crippen molar-refractivity contribution in [3.05, 3.63) is 23.4 Å². The Balaban J connectivity index is 2.25. The maximum atomic E-state index is 12.8. The number of hydrogen-bond donors (Lipinski definition) is 1. The molecule has 1 atom stereocenters. The van der Waals surface area contributed by atoms with Gasteiger partial charge >= 0.3 is 6.18 Å². The van der Waals surface area contributed by atoms with Crippen LogP contribution >= 0.6 is 12.2 Å². The molecule has 0 aliphatic carbocycles. The Kier molecular flexibility index (Phi) is 4.17. The predicted molar refractivity (Wildman–Crippen MR) is 75.9 cm³/mol. The topological polar surface area (TPSA) is 42.1 Å². The first-order valence-corrected chi connectivity index (χ1v) is 6.78. The Morgan fingerprint density at radius 1 is 1.45 bits per heavy atom. The zero-order chi connectivity index (χ0) is 14.9. The van der Waals surface area contributed by atoms with Crippen LogP contribution in [0.3, 0.4) is 0 Å². The van der Waals surface area contributed by atoms with Crippen molar-refractivity contribution < 1.29 is 13.2 Å². The molecule has 2 heterocycles. The molecule has 3 nitrogen and oxygen atoms in total. The Bertz CT molecular complexity index is 516. The van der Waals surface area contributed by atoms with Gasteiger partial charge in [0.1, 0.15) is 10.8 Å². The van der Waals surface area contributed by atoms with Gasteiger partial charge in [-0.25, -0.2) is 4.98 Å². The first kappa shape index (κ1) is 15.0. The highest BCUT2D eigenvalue weighted by Gasteiger charge is 2.42. The van der Waals surface area contributed by atoms with E-state index in [4.69, 9.17) is 18.0 Å². The molecule has 1 unspecified atom stereocenters. The minimum Gasteiger partial charge on any atom is -0.389 e. The number of nitrogens with two attached hydrogens (primary N) is 1. The van der Waals surface area contributed by atoms with Crippen molar-refractivity contribution in [2.45, 2.75) is 25.9 Å². The molecule has 1 aliphatic rings. The first-order chi connectivity index (χ1) is 9.27. The molecule has 1 saturated heterocycles. The van der Waals surface area contributed by atoms with Gasteiger partial charge in [-0.05, 0) is 31.9 Å². The molecule has 0 radical (unpaired) electrons. The molecule has 0 saturated carbocycles.